The Hall–Kier alpha value is -3.09. The highest BCUT2D eigenvalue weighted by molar-refractivity contribution is 6.34. The van der Waals surface area contributed by atoms with Crippen LogP contribution in [0, 0.1) is 13.8 Å². The summed E-state index contributed by atoms with van der Waals surface area (Å²) in [4.78, 5) is 12.6. The second-order valence-electron chi connectivity index (χ2n) is 7.32. The molecule has 0 atom stereocenters. The van der Waals surface area contributed by atoms with Gasteiger partial charge in [0.05, 0.1) is 12.8 Å². The lowest BCUT2D eigenvalue weighted by Crippen LogP contribution is -2.16. The Morgan fingerprint density at radius 3 is 2.74 bits per heavy atom. The summed E-state index contributed by atoms with van der Waals surface area (Å²) in [6.45, 7) is 7.74. The van der Waals surface area contributed by atoms with Crippen molar-refractivity contribution in [3.63, 3.8) is 0 Å². The number of hydrogen-bond donors (Lipinski definition) is 1. The van der Waals surface area contributed by atoms with E-state index in [1.54, 1.807) is 12.3 Å². The molecule has 2 aromatic heterocycles. The maximum atomic E-state index is 12.6. The van der Waals surface area contributed by atoms with Crippen LogP contribution in [0.3, 0.4) is 0 Å². The number of aryl methyl sites for hydroxylation is 2. The molecule has 7 heteroatoms. The predicted molar refractivity (Wildman–Crippen MR) is 124 cm³/mol. The van der Waals surface area contributed by atoms with Crippen molar-refractivity contribution in [2.24, 2.45) is 5.10 Å². The second-order valence-corrected chi connectivity index (χ2v) is 7.68. The van der Waals surface area contributed by atoms with Crippen LogP contribution in [-0.4, -0.2) is 29.9 Å². The highest BCUT2D eigenvalue weighted by Gasteiger charge is 2.16. The summed E-state index contributed by atoms with van der Waals surface area (Å²) >= 11 is 6.64. The molecule has 0 radical (unpaired) electrons. The topological polar surface area (TPSA) is 68.8 Å². The van der Waals surface area contributed by atoms with Crippen molar-refractivity contribution >= 4 is 45.6 Å². The van der Waals surface area contributed by atoms with Crippen LogP contribution in [-0.2, 0) is 11.3 Å². The van der Waals surface area contributed by atoms with E-state index in [1.165, 1.54) is 0 Å². The molecule has 0 saturated heterocycles. The fourth-order valence-corrected chi connectivity index (χ4v) is 3.98. The van der Waals surface area contributed by atoms with Crippen molar-refractivity contribution in [2.75, 3.05) is 13.2 Å². The minimum Gasteiger partial charge on any atom is -0.451 e. The van der Waals surface area contributed by atoms with Gasteiger partial charge in [0.1, 0.15) is 10.7 Å². The highest BCUT2D eigenvalue weighted by atomic mass is 35.5. The zero-order chi connectivity index (χ0) is 22.0. The summed E-state index contributed by atoms with van der Waals surface area (Å²) in [5.74, 6) is -0.197. The maximum Gasteiger partial charge on any atom is 0.307 e. The molecular formula is C24H24ClN3O3. The van der Waals surface area contributed by atoms with Crippen molar-refractivity contribution in [3.05, 3.63) is 70.1 Å². The van der Waals surface area contributed by atoms with Crippen LogP contribution in [0.25, 0.3) is 21.9 Å². The Labute approximate surface area is 185 Å². The molecule has 0 bridgehead atoms. The van der Waals surface area contributed by atoms with E-state index < -0.39 is 5.91 Å². The standard InChI is InChI=1S/C24H24ClN3O3/c1-4-30-12-11-28-20-8-6-5-7-17(20)19(23(28)25)14-26-27-24(29)21-13-18-15(2)9-10-16(3)22(18)31-21/h5-10,13-14H,4,11-12H2,1-3H3,(H,27,29)/b26-14+. The number of halogens is 1. The number of fused-ring (bicyclic) bond motifs is 2. The molecule has 4 aromatic rings. The fourth-order valence-electron chi connectivity index (χ4n) is 3.66. The van der Waals surface area contributed by atoms with Gasteiger partial charge in [-0.15, -0.1) is 0 Å². The number of hydrogen-bond acceptors (Lipinski definition) is 4. The fraction of sp³-hybridized carbons (Fsp3) is 0.250. The lowest BCUT2D eigenvalue weighted by molar-refractivity contribution is 0.0929. The number of rotatable bonds is 7. The van der Waals surface area contributed by atoms with Gasteiger partial charge in [0.2, 0.25) is 0 Å². The molecule has 2 heterocycles. The number of carbonyl (C=O) groups excluding carboxylic acids is 1. The molecule has 1 amide bonds. The number of hydrazone groups is 1. The molecule has 0 aliphatic rings. The van der Waals surface area contributed by atoms with Crippen LogP contribution in [0.5, 0.6) is 0 Å². The molecule has 0 saturated carbocycles. The summed E-state index contributed by atoms with van der Waals surface area (Å²) in [5.41, 5.74) is 7.03. The molecule has 0 aliphatic heterocycles. The number of para-hydroxylation sites is 1. The number of benzene rings is 2. The van der Waals surface area contributed by atoms with Crippen LogP contribution >= 0.6 is 11.6 Å². The van der Waals surface area contributed by atoms with E-state index in [2.05, 4.69) is 10.5 Å². The lowest BCUT2D eigenvalue weighted by Gasteiger charge is -2.06. The molecular weight excluding hydrogens is 414 g/mol. The average Bonchev–Trinajstić information content (AvgIpc) is 3.33. The van der Waals surface area contributed by atoms with Gasteiger partial charge < -0.3 is 13.7 Å². The third kappa shape index (κ3) is 4.09. The number of ether oxygens (including phenoxy) is 1. The normalized spacial score (nSPS) is 11.7. The van der Waals surface area contributed by atoms with Crippen LogP contribution in [0.15, 0.2) is 52.0 Å². The molecule has 0 aliphatic carbocycles. The molecule has 160 valence electrons. The Morgan fingerprint density at radius 2 is 1.97 bits per heavy atom. The summed E-state index contributed by atoms with van der Waals surface area (Å²) in [6.07, 6.45) is 1.57. The highest BCUT2D eigenvalue weighted by Crippen LogP contribution is 2.29. The van der Waals surface area contributed by atoms with Gasteiger partial charge in [0, 0.05) is 35.0 Å². The number of carbonyl (C=O) groups is 1. The van der Waals surface area contributed by atoms with Crippen LogP contribution < -0.4 is 5.43 Å². The molecule has 6 nitrogen and oxygen atoms in total. The second kappa shape index (κ2) is 8.96. The minimum atomic E-state index is -0.414. The van der Waals surface area contributed by atoms with Crippen LogP contribution in [0.4, 0.5) is 0 Å². The third-order valence-electron chi connectivity index (χ3n) is 5.29. The number of amides is 1. The Balaban J connectivity index is 1.58. The SMILES string of the molecule is CCOCCn1c(Cl)c(/C=N/NC(=O)c2cc3c(C)ccc(C)c3o2)c2ccccc21. The van der Waals surface area contributed by atoms with Gasteiger partial charge in [0.25, 0.3) is 0 Å². The Bertz CT molecular complexity index is 1250. The van der Waals surface area contributed by atoms with E-state index >= 15 is 0 Å². The van der Waals surface area contributed by atoms with Crippen molar-refractivity contribution in [1.29, 1.82) is 0 Å². The van der Waals surface area contributed by atoms with Gasteiger partial charge >= 0.3 is 5.91 Å². The quantitative estimate of drug-likeness (QED) is 0.237. The minimum absolute atomic E-state index is 0.217. The third-order valence-corrected chi connectivity index (χ3v) is 5.70. The number of nitrogens with zero attached hydrogens (tertiary/aromatic N) is 2. The monoisotopic (exact) mass is 437 g/mol. The van der Waals surface area contributed by atoms with Crippen molar-refractivity contribution in [1.82, 2.24) is 9.99 Å². The lowest BCUT2D eigenvalue weighted by atomic mass is 10.1. The van der Waals surface area contributed by atoms with Gasteiger partial charge in [-0.25, -0.2) is 5.43 Å². The van der Waals surface area contributed by atoms with Gasteiger partial charge in [-0.3, -0.25) is 4.79 Å². The smallest absolute Gasteiger partial charge is 0.307 e. The van der Waals surface area contributed by atoms with E-state index in [4.69, 9.17) is 20.8 Å². The average molecular weight is 438 g/mol. The van der Waals surface area contributed by atoms with E-state index in [0.717, 1.165) is 38.6 Å². The zero-order valence-corrected chi connectivity index (χ0v) is 18.5. The zero-order valence-electron chi connectivity index (χ0n) is 17.7. The number of aromatic nitrogens is 1. The van der Waals surface area contributed by atoms with E-state index in [0.29, 0.717) is 24.9 Å². The van der Waals surface area contributed by atoms with Gasteiger partial charge in [-0.2, -0.15) is 5.10 Å². The van der Waals surface area contributed by atoms with Gasteiger partial charge in [-0.05, 0) is 44.0 Å². The molecule has 0 unspecified atom stereocenters. The van der Waals surface area contributed by atoms with Crippen molar-refractivity contribution < 1.29 is 13.9 Å². The molecule has 2 aromatic carbocycles. The first-order valence-corrected chi connectivity index (χ1v) is 10.6. The van der Waals surface area contributed by atoms with Gasteiger partial charge in [-0.1, -0.05) is 41.9 Å². The first-order valence-electron chi connectivity index (χ1n) is 10.2. The Morgan fingerprint density at radius 1 is 1.19 bits per heavy atom. The number of furan rings is 1. The summed E-state index contributed by atoms with van der Waals surface area (Å²) < 4.78 is 13.2. The summed E-state index contributed by atoms with van der Waals surface area (Å²) in [5, 5.41) is 6.57. The number of nitrogens with one attached hydrogen (secondary N) is 1. The van der Waals surface area contributed by atoms with E-state index in [1.807, 2.05) is 61.7 Å². The van der Waals surface area contributed by atoms with Gasteiger partial charge in [0.15, 0.2) is 5.76 Å². The molecule has 1 N–H and O–H groups in total. The van der Waals surface area contributed by atoms with E-state index in [9.17, 15) is 4.79 Å². The first-order chi connectivity index (χ1) is 15.0. The van der Waals surface area contributed by atoms with E-state index in [-0.39, 0.29) is 5.76 Å². The van der Waals surface area contributed by atoms with Crippen LogP contribution in [0.2, 0.25) is 5.15 Å². The molecule has 0 fully saturated rings. The molecule has 4 rings (SSSR count). The molecule has 31 heavy (non-hydrogen) atoms. The largest absolute Gasteiger partial charge is 0.451 e. The maximum absolute atomic E-state index is 12.6. The first kappa shape index (κ1) is 21.2. The van der Waals surface area contributed by atoms with Crippen molar-refractivity contribution in [2.45, 2.75) is 27.3 Å². The Kier molecular flexibility index (Phi) is 6.11. The summed E-state index contributed by atoms with van der Waals surface area (Å²) in [7, 11) is 0. The predicted octanol–water partition coefficient (Wildman–Crippen LogP) is 5.46. The van der Waals surface area contributed by atoms with Crippen LogP contribution in [0.1, 0.15) is 34.2 Å². The molecule has 0 spiro atoms. The van der Waals surface area contributed by atoms with Crippen molar-refractivity contribution in [3.8, 4) is 0 Å². The summed E-state index contributed by atoms with van der Waals surface area (Å²) in [6, 6.07) is 13.6.